The molecule has 1 amide bonds. The second-order valence-electron chi connectivity index (χ2n) is 11.3. The van der Waals surface area contributed by atoms with E-state index in [9.17, 15) is 14.4 Å². The summed E-state index contributed by atoms with van der Waals surface area (Å²) in [6, 6.07) is 25.4. The van der Waals surface area contributed by atoms with Crippen molar-refractivity contribution in [3.05, 3.63) is 100 Å². The summed E-state index contributed by atoms with van der Waals surface area (Å²) in [4.78, 5) is 45.6. The zero-order valence-electron chi connectivity index (χ0n) is 24.2. The first-order chi connectivity index (χ1) is 20.4. The second kappa shape index (κ2) is 11.5. The van der Waals surface area contributed by atoms with Gasteiger partial charge in [-0.25, -0.2) is 9.59 Å². The minimum absolute atomic E-state index is 0.0149. The molecule has 2 aliphatic rings. The van der Waals surface area contributed by atoms with Crippen LogP contribution < -0.4 is 10.6 Å². The van der Waals surface area contributed by atoms with E-state index in [4.69, 9.17) is 4.74 Å². The van der Waals surface area contributed by atoms with E-state index in [1.807, 2.05) is 71.1 Å². The summed E-state index contributed by atoms with van der Waals surface area (Å²) in [5.41, 5.74) is 3.75. The van der Waals surface area contributed by atoms with E-state index in [1.54, 1.807) is 16.7 Å². The van der Waals surface area contributed by atoms with Gasteiger partial charge in [-0.2, -0.15) is 0 Å². The van der Waals surface area contributed by atoms with E-state index in [-0.39, 0.29) is 17.6 Å². The normalized spacial score (nSPS) is 17.0. The Hall–Kier alpha value is -4.37. The van der Waals surface area contributed by atoms with Gasteiger partial charge in [0.25, 0.3) is 0 Å². The summed E-state index contributed by atoms with van der Waals surface area (Å²) in [6.07, 6.45) is 2.32. The molecule has 42 heavy (non-hydrogen) atoms. The lowest BCUT2D eigenvalue weighted by molar-refractivity contribution is -0.134. The Balaban J connectivity index is 1.15. The van der Waals surface area contributed by atoms with Gasteiger partial charge < -0.3 is 19.4 Å². The largest absolute Gasteiger partial charge is 0.465 e. The number of anilines is 1. The molecule has 4 aromatic rings. The molecule has 6 rings (SSSR count). The van der Waals surface area contributed by atoms with E-state index < -0.39 is 5.54 Å². The Morgan fingerprint density at radius 3 is 2.33 bits per heavy atom. The number of nitrogens with zero attached hydrogens (tertiary/aromatic N) is 5. The number of hydrogen-bond donors (Lipinski definition) is 0. The van der Waals surface area contributed by atoms with Crippen molar-refractivity contribution in [1.82, 2.24) is 18.9 Å². The van der Waals surface area contributed by atoms with Gasteiger partial charge in [0.1, 0.15) is 5.54 Å². The monoisotopic (exact) mass is 567 g/mol. The third-order valence-electron chi connectivity index (χ3n) is 8.89. The van der Waals surface area contributed by atoms with Gasteiger partial charge >= 0.3 is 11.7 Å². The van der Waals surface area contributed by atoms with E-state index in [1.165, 1.54) is 7.11 Å². The van der Waals surface area contributed by atoms with Gasteiger partial charge in [0.05, 0.1) is 30.4 Å². The lowest BCUT2D eigenvalue weighted by Crippen LogP contribution is -2.56. The van der Waals surface area contributed by atoms with Crippen LogP contribution in [0.4, 0.5) is 5.69 Å². The number of carbonyl (C=O) groups is 2. The number of fused-ring (bicyclic) bond motifs is 1. The van der Waals surface area contributed by atoms with Crippen LogP contribution in [-0.2, 0) is 29.7 Å². The Morgan fingerprint density at radius 1 is 0.881 bits per heavy atom. The van der Waals surface area contributed by atoms with Crippen LogP contribution in [0.1, 0.15) is 35.2 Å². The zero-order valence-corrected chi connectivity index (χ0v) is 24.2. The Labute approximate surface area is 245 Å². The molecular formula is C33H37N5O4. The van der Waals surface area contributed by atoms with Crippen molar-refractivity contribution in [2.24, 2.45) is 7.05 Å². The molecule has 2 aliphatic heterocycles. The predicted octanol–water partition coefficient (Wildman–Crippen LogP) is 3.86. The lowest BCUT2D eigenvalue weighted by Gasteiger charge is -2.43. The number of ether oxygens (including phenoxy) is 1. The first-order valence-electron chi connectivity index (χ1n) is 14.6. The van der Waals surface area contributed by atoms with Crippen molar-refractivity contribution in [2.75, 3.05) is 38.3 Å². The molecule has 0 atom stereocenters. The van der Waals surface area contributed by atoms with E-state index >= 15 is 0 Å². The molecule has 2 saturated heterocycles. The molecule has 9 heteroatoms. The molecule has 218 valence electrons. The van der Waals surface area contributed by atoms with E-state index in [0.717, 1.165) is 61.2 Å². The number of carbonyl (C=O) groups excluding carboxylic acids is 2. The minimum atomic E-state index is -0.607. The number of amides is 1. The smallest absolute Gasteiger partial charge is 0.337 e. The Bertz CT molecular complexity index is 1650. The first kappa shape index (κ1) is 27.8. The quantitative estimate of drug-likeness (QED) is 0.301. The Morgan fingerprint density at radius 2 is 1.60 bits per heavy atom. The highest BCUT2D eigenvalue weighted by atomic mass is 16.5. The molecule has 0 N–H and O–H groups in total. The lowest BCUT2D eigenvalue weighted by atomic mass is 9.85. The van der Waals surface area contributed by atoms with Crippen molar-refractivity contribution in [1.29, 1.82) is 0 Å². The van der Waals surface area contributed by atoms with Crippen LogP contribution in [0, 0.1) is 0 Å². The fourth-order valence-corrected chi connectivity index (χ4v) is 6.64. The maximum atomic E-state index is 14.1. The number of piperidine rings is 1. The van der Waals surface area contributed by atoms with Crippen LogP contribution in [0.25, 0.3) is 11.0 Å². The number of esters is 1. The van der Waals surface area contributed by atoms with Gasteiger partial charge in [-0.1, -0.05) is 42.5 Å². The number of likely N-dealkylation sites (tertiary alicyclic amines) is 1. The summed E-state index contributed by atoms with van der Waals surface area (Å²) in [7, 11) is 3.19. The molecule has 0 aliphatic carbocycles. The van der Waals surface area contributed by atoms with Crippen LogP contribution in [0.2, 0.25) is 0 Å². The number of methoxy groups -OCH3 is 1. The number of imidazole rings is 1. The molecule has 0 bridgehead atoms. The van der Waals surface area contributed by atoms with Gasteiger partial charge in [-0.05, 0) is 67.8 Å². The first-order valence-corrected chi connectivity index (χ1v) is 14.6. The van der Waals surface area contributed by atoms with Crippen molar-refractivity contribution in [3.63, 3.8) is 0 Å². The molecular weight excluding hydrogens is 530 g/mol. The third-order valence-corrected chi connectivity index (χ3v) is 8.89. The molecule has 3 heterocycles. The van der Waals surface area contributed by atoms with Gasteiger partial charge in [0.2, 0.25) is 5.91 Å². The van der Waals surface area contributed by atoms with E-state index in [0.29, 0.717) is 25.3 Å². The maximum absolute atomic E-state index is 14.1. The number of para-hydroxylation sites is 3. The van der Waals surface area contributed by atoms with Crippen LogP contribution in [0.15, 0.2) is 83.7 Å². The van der Waals surface area contributed by atoms with Crippen LogP contribution in [0.5, 0.6) is 0 Å². The average molecular weight is 568 g/mol. The molecule has 9 nitrogen and oxygen atoms in total. The van der Waals surface area contributed by atoms with Crippen LogP contribution in [0.3, 0.4) is 0 Å². The predicted molar refractivity (Wildman–Crippen MR) is 162 cm³/mol. The standard InChI is InChI=1S/C33H37N5O4/c1-34-28-14-6-7-15-29(28)37(32(34)41)19-9-18-35-20-16-33(17-21-35)31(40)36(24-38(33)27-12-4-3-5-13-27)23-25-10-8-11-26(22-25)30(39)42-2/h3-8,10-15,22H,9,16-21,23-24H2,1-2H3. The van der Waals surface area contributed by atoms with Crippen molar-refractivity contribution in [2.45, 2.75) is 37.9 Å². The molecule has 0 unspecified atom stereocenters. The highest BCUT2D eigenvalue weighted by molar-refractivity contribution is 5.94. The van der Waals surface area contributed by atoms with Gasteiger partial charge in [0, 0.05) is 38.9 Å². The van der Waals surface area contributed by atoms with Crippen molar-refractivity contribution < 1.29 is 14.3 Å². The van der Waals surface area contributed by atoms with Crippen LogP contribution in [-0.4, -0.2) is 69.8 Å². The van der Waals surface area contributed by atoms with E-state index in [2.05, 4.69) is 21.9 Å². The summed E-state index contributed by atoms with van der Waals surface area (Å²) < 4.78 is 8.46. The molecule has 0 saturated carbocycles. The number of rotatable bonds is 8. The summed E-state index contributed by atoms with van der Waals surface area (Å²) in [5.74, 6) is -0.249. The summed E-state index contributed by atoms with van der Waals surface area (Å²) in [6.45, 7) is 4.08. The van der Waals surface area contributed by atoms with Gasteiger partial charge in [-0.3, -0.25) is 13.9 Å². The second-order valence-corrected chi connectivity index (χ2v) is 11.3. The van der Waals surface area contributed by atoms with Crippen LogP contribution >= 0.6 is 0 Å². The van der Waals surface area contributed by atoms with Crippen molar-refractivity contribution >= 4 is 28.6 Å². The van der Waals surface area contributed by atoms with Gasteiger partial charge in [-0.15, -0.1) is 0 Å². The highest BCUT2D eigenvalue weighted by Gasteiger charge is 2.53. The molecule has 3 aromatic carbocycles. The minimum Gasteiger partial charge on any atom is -0.465 e. The zero-order chi connectivity index (χ0) is 29.3. The Kier molecular flexibility index (Phi) is 7.60. The molecule has 0 radical (unpaired) electrons. The topological polar surface area (TPSA) is 80.0 Å². The highest BCUT2D eigenvalue weighted by Crippen LogP contribution is 2.40. The third kappa shape index (κ3) is 4.98. The number of benzene rings is 3. The molecule has 1 spiro atoms. The summed E-state index contributed by atoms with van der Waals surface area (Å²) >= 11 is 0. The van der Waals surface area contributed by atoms with Crippen molar-refractivity contribution in [3.8, 4) is 0 Å². The number of aromatic nitrogens is 2. The summed E-state index contributed by atoms with van der Waals surface area (Å²) in [5, 5.41) is 0. The average Bonchev–Trinajstić information content (AvgIpc) is 3.43. The number of hydrogen-bond acceptors (Lipinski definition) is 6. The SMILES string of the molecule is COC(=O)c1cccc(CN2CN(c3ccccc3)C3(CCN(CCCn4c(=O)n(C)c5ccccc54)CC3)C2=O)c1. The van der Waals surface area contributed by atoms with Gasteiger partial charge in [0.15, 0.2) is 0 Å². The number of aryl methyl sites for hydroxylation is 2. The molecule has 2 fully saturated rings. The molecule has 1 aromatic heterocycles. The maximum Gasteiger partial charge on any atom is 0.337 e. The fraction of sp³-hybridized carbons (Fsp3) is 0.364. The fourth-order valence-electron chi connectivity index (χ4n) is 6.64.